The van der Waals surface area contributed by atoms with Gasteiger partial charge < -0.3 is 5.32 Å². The lowest BCUT2D eigenvalue weighted by atomic mass is 10.1. The minimum atomic E-state index is 0.869. The molecule has 0 unspecified atom stereocenters. The van der Waals surface area contributed by atoms with Crippen molar-refractivity contribution in [1.29, 1.82) is 0 Å². The molecule has 0 atom stereocenters. The van der Waals surface area contributed by atoms with E-state index in [9.17, 15) is 0 Å². The van der Waals surface area contributed by atoms with Gasteiger partial charge in [-0.3, -0.25) is 9.67 Å². The number of para-hydroxylation sites is 1. The minimum absolute atomic E-state index is 0.869. The van der Waals surface area contributed by atoms with Gasteiger partial charge in [-0.05, 0) is 31.9 Å². The van der Waals surface area contributed by atoms with Crippen LogP contribution in [-0.4, -0.2) is 26.5 Å². The summed E-state index contributed by atoms with van der Waals surface area (Å²) in [6.07, 6.45) is 5.96. The summed E-state index contributed by atoms with van der Waals surface area (Å²) in [7, 11) is 0. The number of nitrogens with zero attached hydrogens (tertiary/aromatic N) is 4. The molecule has 5 nitrogen and oxygen atoms in total. The molecule has 0 saturated heterocycles. The number of aryl methyl sites for hydroxylation is 2. The van der Waals surface area contributed by atoms with Crippen LogP contribution in [0.25, 0.3) is 22.2 Å². The number of unbranched alkanes of at least 4 members (excludes halogenated alkanes) is 1. The second kappa shape index (κ2) is 7.99. The summed E-state index contributed by atoms with van der Waals surface area (Å²) in [5.74, 6) is 0. The van der Waals surface area contributed by atoms with Crippen molar-refractivity contribution in [2.75, 3.05) is 11.9 Å². The van der Waals surface area contributed by atoms with Gasteiger partial charge in [-0.15, -0.1) is 5.10 Å². The van der Waals surface area contributed by atoms with Gasteiger partial charge in [0.2, 0.25) is 0 Å². The van der Waals surface area contributed by atoms with Crippen molar-refractivity contribution in [2.45, 2.75) is 26.3 Å². The topological polar surface area (TPSA) is 55.6 Å². The van der Waals surface area contributed by atoms with E-state index in [2.05, 4.69) is 76.1 Å². The van der Waals surface area contributed by atoms with E-state index in [1.807, 2.05) is 23.1 Å². The standard InChI is InChI=1S/C22H23N5/c1-17-9-11-18(12-10-17)21-16-27(26-25-21)15-3-2-13-23-20-8-4-6-19-7-5-14-24-22(19)20/h4-12,14,16,23H,2-3,13,15H2,1H3. The van der Waals surface area contributed by atoms with E-state index in [-0.39, 0.29) is 0 Å². The molecule has 0 aliphatic heterocycles. The van der Waals surface area contributed by atoms with Crippen LogP contribution in [0, 0.1) is 6.92 Å². The van der Waals surface area contributed by atoms with E-state index in [1.165, 1.54) is 5.56 Å². The van der Waals surface area contributed by atoms with Crippen molar-refractivity contribution in [3.8, 4) is 11.3 Å². The fourth-order valence-electron chi connectivity index (χ4n) is 3.13. The average molecular weight is 357 g/mol. The lowest BCUT2D eigenvalue weighted by molar-refractivity contribution is 0.548. The highest BCUT2D eigenvalue weighted by molar-refractivity contribution is 5.90. The predicted molar refractivity (Wildman–Crippen MR) is 110 cm³/mol. The zero-order valence-electron chi connectivity index (χ0n) is 15.5. The third kappa shape index (κ3) is 4.14. The quantitative estimate of drug-likeness (QED) is 0.487. The van der Waals surface area contributed by atoms with Crippen LogP contribution >= 0.6 is 0 Å². The summed E-state index contributed by atoms with van der Waals surface area (Å²) in [4.78, 5) is 4.48. The van der Waals surface area contributed by atoms with Crippen LogP contribution in [-0.2, 0) is 6.54 Å². The van der Waals surface area contributed by atoms with Crippen LogP contribution < -0.4 is 5.32 Å². The van der Waals surface area contributed by atoms with Crippen LogP contribution in [0.4, 0.5) is 5.69 Å². The molecule has 4 aromatic rings. The SMILES string of the molecule is Cc1ccc(-c2cn(CCCCNc3cccc4cccnc34)nn2)cc1. The number of benzene rings is 2. The van der Waals surface area contributed by atoms with E-state index in [4.69, 9.17) is 0 Å². The van der Waals surface area contributed by atoms with Gasteiger partial charge in [0, 0.05) is 30.2 Å². The molecule has 136 valence electrons. The molecule has 2 heterocycles. The molecule has 0 bridgehead atoms. The molecule has 0 aliphatic carbocycles. The van der Waals surface area contributed by atoms with E-state index >= 15 is 0 Å². The van der Waals surface area contributed by atoms with Gasteiger partial charge in [0.1, 0.15) is 5.69 Å². The van der Waals surface area contributed by atoms with Gasteiger partial charge in [0.25, 0.3) is 0 Å². The van der Waals surface area contributed by atoms with Crippen LogP contribution in [0.5, 0.6) is 0 Å². The van der Waals surface area contributed by atoms with Crippen LogP contribution in [0.2, 0.25) is 0 Å². The fraction of sp³-hybridized carbons (Fsp3) is 0.227. The number of fused-ring (bicyclic) bond motifs is 1. The highest BCUT2D eigenvalue weighted by atomic mass is 15.4. The smallest absolute Gasteiger partial charge is 0.113 e. The first-order chi connectivity index (χ1) is 13.3. The summed E-state index contributed by atoms with van der Waals surface area (Å²) in [6.45, 7) is 3.87. The number of pyridine rings is 1. The van der Waals surface area contributed by atoms with Crippen LogP contribution in [0.15, 0.2) is 67.0 Å². The van der Waals surface area contributed by atoms with Crippen molar-refractivity contribution >= 4 is 16.6 Å². The Labute approximate surface area is 159 Å². The number of hydrogen-bond acceptors (Lipinski definition) is 4. The second-order valence-corrected chi connectivity index (χ2v) is 6.75. The molecule has 2 aromatic heterocycles. The first kappa shape index (κ1) is 17.2. The fourth-order valence-corrected chi connectivity index (χ4v) is 3.13. The molecule has 0 aliphatic rings. The van der Waals surface area contributed by atoms with Crippen molar-refractivity contribution < 1.29 is 0 Å². The number of rotatable bonds is 7. The van der Waals surface area contributed by atoms with E-state index in [0.29, 0.717) is 0 Å². The van der Waals surface area contributed by atoms with Gasteiger partial charge >= 0.3 is 0 Å². The Morgan fingerprint density at radius 3 is 2.70 bits per heavy atom. The highest BCUT2D eigenvalue weighted by Crippen LogP contribution is 2.20. The Morgan fingerprint density at radius 2 is 1.81 bits per heavy atom. The van der Waals surface area contributed by atoms with E-state index < -0.39 is 0 Å². The Balaban J connectivity index is 1.27. The van der Waals surface area contributed by atoms with Crippen molar-refractivity contribution in [2.24, 2.45) is 0 Å². The van der Waals surface area contributed by atoms with Gasteiger partial charge in [-0.2, -0.15) is 0 Å². The molecule has 27 heavy (non-hydrogen) atoms. The van der Waals surface area contributed by atoms with Gasteiger partial charge in [-0.25, -0.2) is 0 Å². The number of nitrogens with one attached hydrogen (secondary N) is 1. The molecule has 0 amide bonds. The molecule has 1 N–H and O–H groups in total. The summed E-state index contributed by atoms with van der Waals surface area (Å²) >= 11 is 0. The molecule has 2 aromatic carbocycles. The lowest BCUT2D eigenvalue weighted by Crippen LogP contribution is -2.05. The summed E-state index contributed by atoms with van der Waals surface area (Å²) in [5, 5.41) is 13.2. The van der Waals surface area contributed by atoms with Gasteiger partial charge in [0.15, 0.2) is 0 Å². The predicted octanol–water partition coefficient (Wildman–Crippen LogP) is 4.69. The minimum Gasteiger partial charge on any atom is -0.383 e. The summed E-state index contributed by atoms with van der Waals surface area (Å²) < 4.78 is 1.93. The van der Waals surface area contributed by atoms with Gasteiger partial charge in [0.05, 0.1) is 17.4 Å². The second-order valence-electron chi connectivity index (χ2n) is 6.75. The molecule has 5 heteroatoms. The number of hydrogen-bond donors (Lipinski definition) is 1. The van der Waals surface area contributed by atoms with Crippen molar-refractivity contribution in [1.82, 2.24) is 20.0 Å². The van der Waals surface area contributed by atoms with Crippen molar-refractivity contribution in [3.05, 3.63) is 72.6 Å². The Bertz CT molecular complexity index is 1020. The molecular formula is C22H23N5. The molecular weight excluding hydrogens is 334 g/mol. The molecule has 0 fully saturated rings. The molecule has 0 saturated carbocycles. The maximum absolute atomic E-state index is 4.48. The Morgan fingerprint density at radius 1 is 0.963 bits per heavy atom. The largest absolute Gasteiger partial charge is 0.383 e. The maximum Gasteiger partial charge on any atom is 0.113 e. The van der Waals surface area contributed by atoms with Crippen LogP contribution in [0.1, 0.15) is 18.4 Å². The first-order valence-corrected chi connectivity index (χ1v) is 9.34. The third-order valence-corrected chi connectivity index (χ3v) is 4.65. The molecule has 4 rings (SSSR count). The zero-order valence-corrected chi connectivity index (χ0v) is 15.5. The van der Waals surface area contributed by atoms with Crippen LogP contribution in [0.3, 0.4) is 0 Å². The van der Waals surface area contributed by atoms with Crippen molar-refractivity contribution in [3.63, 3.8) is 0 Å². The van der Waals surface area contributed by atoms with E-state index in [1.54, 1.807) is 0 Å². The molecule has 0 radical (unpaired) electrons. The monoisotopic (exact) mass is 357 g/mol. The highest BCUT2D eigenvalue weighted by Gasteiger charge is 2.04. The first-order valence-electron chi connectivity index (χ1n) is 9.34. The molecule has 0 spiro atoms. The summed E-state index contributed by atoms with van der Waals surface area (Å²) in [6, 6.07) is 18.7. The Kier molecular flexibility index (Phi) is 5.10. The number of anilines is 1. The summed E-state index contributed by atoms with van der Waals surface area (Å²) in [5.41, 5.74) is 5.40. The zero-order chi connectivity index (χ0) is 18.5. The van der Waals surface area contributed by atoms with Gasteiger partial charge in [-0.1, -0.05) is 53.2 Å². The Hall–Kier alpha value is -3.21. The number of aromatic nitrogens is 4. The average Bonchev–Trinajstić information content (AvgIpc) is 3.17. The normalized spacial score (nSPS) is 11.0. The maximum atomic E-state index is 4.48. The van der Waals surface area contributed by atoms with E-state index in [0.717, 1.165) is 53.8 Å². The lowest BCUT2D eigenvalue weighted by Gasteiger charge is -2.08. The third-order valence-electron chi connectivity index (χ3n) is 4.65.